The van der Waals surface area contributed by atoms with Crippen molar-refractivity contribution in [3.8, 4) is 22.6 Å². The Hall–Kier alpha value is -3.47. The summed E-state index contributed by atoms with van der Waals surface area (Å²) in [6.45, 7) is 0. The van der Waals surface area contributed by atoms with Crippen LogP contribution in [0.3, 0.4) is 0 Å². The van der Waals surface area contributed by atoms with Gasteiger partial charge in [-0.3, -0.25) is 14.9 Å². The molecule has 0 aliphatic heterocycles. The van der Waals surface area contributed by atoms with Crippen molar-refractivity contribution in [3.63, 3.8) is 0 Å². The lowest BCUT2D eigenvalue weighted by molar-refractivity contribution is -0.385. The number of hydrogen-bond acceptors (Lipinski definition) is 4. The van der Waals surface area contributed by atoms with Crippen LogP contribution < -0.4 is 4.74 Å². The number of rotatable bonds is 5. The van der Waals surface area contributed by atoms with E-state index in [1.54, 1.807) is 12.1 Å². The Kier molecular flexibility index (Phi) is 4.34. The topological polar surface area (TPSA) is 69.4 Å². The molecule has 0 N–H and O–H groups in total. The second-order valence-electron chi connectivity index (χ2n) is 5.09. The van der Waals surface area contributed by atoms with Crippen LogP contribution in [0.5, 0.6) is 11.5 Å². The maximum absolute atomic E-state index is 11.1. The predicted molar refractivity (Wildman–Crippen MR) is 90.4 cm³/mol. The van der Waals surface area contributed by atoms with Gasteiger partial charge in [-0.05, 0) is 35.4 Å². The average molecular weight is 319 g/mol. The molecular formula is C19H13NO4. The van der Waals surface area contributed by atoms with Crippen molar-refractivity contribution in [3.05, 3.63) is 88.5 Å². The van der Waals surface area contributed by atoms with Gasteiger partial charge in [-0.2, -0.15) is 0 Å². The molecule has 3 aromatic carbocycles. The van der Waals surface area contributed by atoms with Crippen LogP contribution in [-0.4, -0.2) is 11.2 Å². The van der Waals surface area contributed by atoms with E-state index in [1.807, 2.05) is 42.5 Å². The molecular weight excluding hydrogens is 306 g/mol. The summed E-state index contributed by atoms with van der Waals surface area (Å²) in [5.74, 6) is 0.578. The van der Waals surface area contributed by atoms with Gasteiger partial charge in [0, 0.05) is 11.6 Å². The fourth-order valence-corrected chi connectivity index (χ4v) is 2.31. The molecule has 24 heavy (non-hydrogen) atoms. The minimum Gasteiger partial charge on any atom is -0.450 e. The van der Waals surface area contributed by atoms with E-state index >= 15 is 0 Å². The molecule has 0 amide bonds. The number of carbonyl (C=O) groups is 1. The molecule has 118 valence electrons. The summed E-state index contributed by atoms with van der Waals surface area (Å²) in [6.07, 6.45) is 0.561. The van der Waals surface area contributed by atoms with Gasteiger partial charge in [-0.15, -0.1) is 0 Å². The van der Waals surface area contributed by atoms with Crippen LogP contribution in [-0.2, 0) is 0 Å². The maximum Gasteiger partial charge on any atom is 0.312 e. The quantitative estimate of drug-likeness (QED) is 0.382. The first-order valence-corrected chi connectivity index (χ1v) is 7.24. The Morgan fingerprint density at radius 3 is 2.17 bits per heavy atom. The summed E-state index contributed by atoms with van der Waals surface area (Å²) in [7, 11) is 0. The van der Waals surface area contributed by atoms with Gasteiger partial charge in [0.2, 0.25) is 5.75 Å². The number of aldehydes is 1. The molecule has 0 heterocycles. The smallest absolute Gasteiger partial charge is 0.312 e. The van der Waals surface area contributed by atoms with E-state index in [0.29, 0.717) is 12.0 Å². The number of nitro benzene ring substituents is 1. The highest BCUT2D eigenvalue weighted by Gasteiger charge is 2.16. The summed E-state index contributed by atoms with van der Waals surface area (Å²) in [5, 5.41) is 11.1. The number of carbonyl (C=O) groups excluding carboxylic acids is 1. The minimum absolute atomic E-state index is 0.0954. The van der Waals surface area contributed by atoms with Crippen LogP contribution in [0.2, 0.25) is 0 Å². The Morgan fingerprint density at radius 1 is 0.875 bits per heavy atom. The minimum atomic E-state index is -0.569. The molecule has 3 aromatic rings. The number of benzene rings is 3. The standard InChI is InChI=1S/C19H13NO4/c21-13-14-6-11-19(18(12-14)20(22)23)24-17-9-7-16(8-10-17)15-4-2-1-3-5-15/h1-13H. The van der Waals surface area contributed by atoms with E-state index in [-0.39, 0.29) is 17.0 Å². The second kappa shape index (κ2) is 6.75. The molecule has 0 bridgehead atoms. The van der Waals surface area contributed by atoms with Crippen molar-refractivity contribution in [2.24, 2.45) is 0 Å². The number of nitrogens with zero attached hydrogens (tertiary/aromatic N) is 1. The van der Waals surface area contributed by atoms with Crippen molar-refractivity contribution < 1.29 is 14.5 Å². The fourth-order valence-electron chi connectivity index (χ4n) is 2.31. The largest absolute Gasteiger partial charge is 0.450 e. The van der Waals surface area contributed by atoms with Gasteiger partial charge in [0.15, 0.2) is 0 Å². The molecule has 0 atom stereocenters. The highest BCUT2D eigenvalue weighted by atomic mass is 16.6. The van der Waals surface area contributed by atoms with E-state index in [1.165, 1.54) is 18.2 Å². The van der Waals surface area contributed by atoms with Crippen LogP contribution in [0.15, 0.2) is 72.8 Å². The summed E-state index contributed by atoms with van der Waals surface area (Å²) >= 11 is 0. The Morgan fingerprint density at radius 2 is 1.54 bits per heavy atom. The number of nitro groups is 1. The zero-order valence-corrected chi connectivity index (χ0v) is 12.6. The molecule has 0 unspecified atom stereocenters. The van der Waals surface area contributed by atoms with E-state index < -0.39 is 4.92 Å². The predicted octanol–water partition coefficient (Wildman–Crippen LogP) is 4.87. The third-order valence-electron chi connectivity index (χ3n) is 3.51. The van der Waals surface area contributed by atoms with Gasteiger partial charge in [0.25, 0.3) is 0 Å². The highest BCUT2D eigenvalue weighted by Crippen LogP contribution is 2.32. The Balaban J connectivity index is 1.87. The van der Waals surface area contributed by atoms with Gasteiger partial charge in [-0.1, -0.05) is 42.5 Å². The molecule has 0 aromatic heterocycles. The van der Waals surface area contributed by atoms with E-state index in [4.69, 9.17) is 4.74 Å². The van der Waals surface area contributed by atoms with Crippen LogP contribution in [0, 0.1) is 10.1 Å². The third kappa shape index (κ3) is 3.30. The number of ether oxygens (including phenoxy) is 1. The molecule has 0 aliphatic carbocycles. The Labute approximate surface area is 138 Å². The lowest BCUT2D eigenvalue weighted by atomic mass is 10.1. The molecule has 3 rings (SSSR count). The van der Waals surface area contributed by atoms with E-state index in [0.717, 1.165) is 11.1 Å². The second-order valence-corrected chi connectivity index (χ2v) is 5.09. The molecule has 0 spiro atoms. The molecule has 5 nitrogen and oxygen atoms in total. The molecule has 0 saturated heterocycles. The maximum atomic E-state index is 11.1. The molecule has 0 saturated carbocycles. The van der Waals surface area contributed by atoms with E-state index in [2.05, 4.69) is 0 Å². The highest BCUT2D eigenvalue weighted by molar-refractivity contribution is 5.77. The number of hydrogen-bond donors (Lipinski definition) is 0. The van der Waals surface area contributed by atoms with Crippen molar-refractivity contribution >= 4 is 12.0 Å². The summed E-state index contributed by atoms with van der Waals surface area (Å²) < 4.78 is 5.60. The molecule has 5 heteroatoms. The first kappa shape index (κ1) is 15.4. The lowest BCUT2D eigenvalue weighted by Crippen LogP contribution is -1.95. The van der Waals surface area contributed by atoms with Gasteiger partial charge in [0.05, 0.1) is 4.92 Å². The van der Waals surface area contributed by atoms with Crippen molar-refractivity contribution in [2.45, 2.75) is 0 Å². The zero-order valence-electron chi connectivity index (χ0n) is 12.6. The zero-order chi connectivity index (χ0) is 16.9. The lowest BCUT2D eigenvalue weighted by Gasteiger charge is -2.08. The normalized spacial score (nSPS) is 10.2. The average Bonchev–Trinajstić information content (AvgIpc) is 2.63. The van der Waals surface area contributed by atoms with Crippen LogP contribution >= 0.6 is 0 Å². The van der Waals surface area contributed by atoms with Crippen molar-refractivity contribution in [2.75, 3.05) is 0 Å². The van der Waals surface area contributed by atoms with Gasteiger partial charge < -0.3 is 4.74 Å². The van der Waals surface area contributed by atoms with E-state index in [9.17, 15) is 14.9 Å². The van der Waals surface area contributed by atoms with Crippen molar-refractivity contribution in [1.29, 1.82) is 0 Å². The third-order valence-corrected chi connectivity index (χ3v) is 3.51. The molecule has 0 radical (unpaired) electrons. The van der Waals surface area contributed by atoms with Gasteiger partial charge in [0.1, 0.15) is 12.0 Å². The Bertz CT molecular complexity index is 874. The summed E-state index contributed by atoms with van der Waals surface area (Å²) in [4.78, 5) is 21.3. The van der Waals surface area contributed by atoms with Crippen molar-refractivity contribution in [1.82, 2.24) is 0 Å². The van der Waals surface area contributed by atoms with Gasteiger partial charge >= 0.3 is 5.69 Å². The van der Waals surface area contributed by atoms with Crippen LogP contribution in [0.4, 0.5) is 5.69 Å². The van der Waals surface area contributed by atoms with Crippen LogP contribution in [0.25, 0.3) is 11.1 Å². The summed E-state index contributed by atoms with van der Waals surface area (Å²) in [5.41, 5.74) is 2.08. The molecule has 0 fully saturated rings. The first-order valence-electron chi connectivity index (χ1n) is 7.24. The monoisotopic (exact) mass is 319 g/mol. The SMILES string of the molecule is O=Cc1ccc(Oc2ccc(-c3ccccc3)cc2)c([N+](=O)[O-])c1. The summed E-state index contributed by atoms with van der Waals surface area (Å²) in [6, 6.07) is 21.2. The first-order chi connectivity index (χ1) is 11.7. The van der Waals surface area contributed by atoms with Gasteiger partial charge in [-0.25, -0.2) is 0 Å². The molecule has 0 aliphatic rings. The van der Waals surface area contributed by atoms with Crippen LogP contribution in [0.1, 0.15) is 10.4 Å². The fraction of sp³-hybridized carbons (Fsp3) is 0.